The zero-order valence-electron chi connectivity index (χ0n) is 12.3. The average Bonchev–Trinajstić information content (AvgIpc) is 2.43. The maximum atomic E-state index is 5.76. The Morgan fingerprint density at radius 3 is 2.74 bits per heavy atom. The van der Waals surface area contributed by atoms with Crippen LogP contribution in [0.2, 0.25) is 0 Å². The molecule has 0 fully saturated rings. The van der Waals surface area contributed by atoms with Crippen LogP contribution in [0, 0.1) is 6.92 Å². The first-order valence-corrected chi connectivity index (χ1v) is 7.08. The van der Waals surface area contributed by atoms with E-state index >= 15 is 0 Å². The molecule has 0 unspecified atom stereocenters. The quantitative estimate of drug-likeness (QED) is 0.547. The smallest absolute Gasteiger partial charge is 0.221 e. The highest BCUT2D eigenvalue weighted by Crippen LogP contribution is 2.22. The lowest BCUT2D eigenvalue weighted by atomic mass is 10.3. The minimum absolute atomic E-state index is 0.667. The van der Waals surface area contributed by atoms with Gasteiger partial charge in [0.1, 0.15) is 11.6 Å². The number of allylic oxidation sites excluding steroid dienone is 1. The van der Waals surface area contributed by atoms with Crippen molar-refractivity contribution in [1.29, 1.82) is 0 Å². The van der Waals surface area contributed by atoms with E-state index in [1.807, 2.05) is 13.0 Å². The molecule has 1 rings (SSSR count). The van der Waals surface area contributed by atoms with Crippen LogP contribution < -0.4 is 10.1 Å². The van der Waals surface area contributed by atoms with Crippen LogP contribution in [0.1, 0.15) is 44.5 Å². The number of aromatic nitrogens is 2. The first kappa shape index (κ1) is 15.5. The van der Waals surface area contributed by atoms with Gasteiger partial charge in [-0.25, -0.2) is 4.98 Å². The van der Waals surface area contributed by atoms with Gasteiger partial charge < -0.3 is 10.1 Å². The molecular weight excluding hydrogens is 238 g/mol. The lowest BCUT2D eigenvalue weighted by Crippen LogP contribution is -2.10. The van der Waals surface area contributed by atoms with E-state index < -0.39 is 0 Å². The molecule has 0 aromatic carbocycles. The third-order valence-corrected chi connectivity index (χ3v) is 2.80. The Bertz CT molecular complexity index is 405. The summed E-state index contributed by atoms with van der Waals surface area (Å²) in [5.74, 6) is 2.42. The third kappa shape index (κ3) is 4.89. The van der Waals surface area contributed by atoms with E-state index in [1.54, 1.807) is 0 Å². The number of nitrogens with one attached hydrogen (secondary N) is 1. The molecule has 0 aliphatic heterocycles. The van der Waals surface area contributed by atoms with Crippen LogP contribution >= 0.6 is 0 Å². The minimum atomic E-state index is 0.667. The fourth-order valence-corrected chi connectivity index (χ4v) is 1.65. The van der Waals surface area contributed by atoms with Crippen molar-refractivity contribution >= 4 is 5.82 Å². The zero-order chi connectivity index (χ0) is 14.1. The first-order chi connectivity index (χ1) is 9.22. The number of ether oxygens (including phenoxy) is 1. The highest BCUT2D eigenvalue weighted by molar-refractivity contribution is 5.48. The number of hydrogen-bond acceptors (Lipinski definition) is 4. The van der Waals surface area contributed by atoms with E-state index in [4.69, 9.17) is 4.74 Å². The Kier molecular flexibility index (Phi) is 6.93. The summed E-state index contributed by atoms with van der Waals surface area (Å²) in [5.41, 5.74) is 0.990. The Labute approximate surface area is 116 Å². The topological polar surface area (TPSA) is 47.0 Å². The van der Waals surface area contributed by atoms with E-state index in [1.165, 1.54) is 0 Å². The van der Waals surface area contributed by atoms with Crippen LogP contribution in [0.15, 0.2) is 12.7 Å². The van der Waals surface area contributed by atoms with Gasteiger partial charge in [-0.05, 0) is 26.2 Å². The molecule has 1 aromatic rings. The van der Waals surface area contributed by atoms with Gasteiger partial charge in [-0.15, -0.1) is 6.58 Å². The molecule has 4 nitrogen and oxygen atoms in total. The summed E-state index contributed by atoms with van der Waals surface area (Å²) in [7, 11) is 0. The molecule has 0 radical (unpaired) electrons. The molecule has 106 valence electrons. The standard InChI is InChI=1S/C15H25N3O/c1-5-8-9-11-19-15-12(4)14(16-10-6-2)17-13(7-3)18-15/h5H,1,6-11H2,2-4H3,(H,16,17,18). The molecule has 0 aliphatic carbocycles. The predicted octanol–water partition coefficient (Wildman–Crippen LogP) is 3.51. The summed E-state index contributed by atoms with van der Waals surface area (Å²) in [4.78, 5) is 8.97. The summed E-state index contributed by atoms with van der Waals surface area (Å²) in [6.45, 7) is 11.5. The van der Waals surface area contributed by atoms with Gasteiger partial charge >= 0.3 is 0 Å². The van der Waals surface area contributed by atoms with Crippen molar-refractivity contribution in [3.8, 4) is 5.88 Å². The fraction of sp³-hybridized carbons (Fsp3) is 0.600. The molecule has 0 bridgehead atoms. The van der Waals surface area contributed by atoms with Crippen LogP contribution in [-0.2, 0) is 6.42 Å². The van der Waals surface area contributed by atoms with E-state index in [0.29, 0.717) is 12.5 Å². The number of rotatable bonds is 9. The van der Waals surface area contributed by atoms with E-state index in [-0.39, 0.29) is 0 Å². The van der Waals surface area contributed by atoms with Gasteiger partial charge in [0.15, 0.2) is 0 Å². The largest absolute Gasteiger partial charge is 0.477 e. The van der Waals surface area contributed by atoms with E-state index in [0.717, 1.165) is 49.4 Å². The average molecular weight is 263 g/mol. The lowest BCUT2D eigenvalue weighted by molar-refractivity contribution is 0.296. The molecule has 0 saturated heterocycles. The highest BCUT2D eigenvalue weighted by atomic mass is 16.5. The Balaban J connectivity index is 2.79. The summed E-state index contributed by atoms with van der Waals surface area (Å²) < 4.78 is 5.76. The van der Waals surface area contributed by atoms with Gasteiger partial charge in [0.05, 0.1) is 12.2 Å². The monoisotopic (exact) mass is 263 g/mol. The van der Waals surface area contributed by atoms with E-state index in [9.17, 15) is 0 Å². The van der Waals surface area contributed by atoms with Gasteiger partial charge in [0.2, 0.25) is 5.88 Å². The van der Waals surface area contributed by atoms with Crippen molar-refractivity contribution in [3.05, 3.63) is 24.0 Å². The second-order valence-corrected chi connectivity index (χ2v) is 4.48. The van der Waals surface area contributed by atoms with Gasteiger partial charge in [-0.3, -0.25) is 0 Å². The molecule has 0 aliphatic rings. The van der Waals surface area contributed by atoms with Crippen LogP contribution in [0.25, 0.3) is 0 Å². The van der Waals surface area contributed by atoms with Crippen LogP contribution in [-0.4, -0.2) is 23.1 Å². The van der Waals surface area contributed by atoms with Crippen LogP contribution in [0.3, 0.4) is 0 Å². The second kappa shape index (κ2) is 8.51. The molecule has 0 spiro atoms. The zero-order valence-corrected chi connectivity index (χ0v) is 12.3. The molecule has 19 heavy (non-hydrogen) atoms. The summed E-state index contributed by atoms with van der Waals surface area (Å²) in [6.07, 6.45) is 5.71. The summed E-state index contributed by atoms with van der Waals surface area (Å²) in [6, 6.07) is 0. The number of nitrogens with zero attached hydrogens (tertiary/aromatic N) is 2. The Hall–Kier alpha value is -1.58. The van der Waals surface area contributed by atoms with Gasteiger partial charge in [0, 0.05) is 13.0 Å². The second-order valence-electron chi connectivity index (χ2n) is 4.48. The predicted molar refractivity (Wildman–Crippen MR) is 79.9 cm³/mol. The molecular formula is C15H25N3O. The maximum absolute atomic E-state index is 5.76. The number of aryl methyl sites for hydroxylation is 1. The Morgan fingerprint density at radius 2 is 2.11 bits per heavy atom. The maximum Gasteiger partial charge on any atom is 0.221 e. The number of unbranched alkanes of at least 4 members (excludes halogenated alkanes) is 1. The van der Waals surface area contributed by atoms with Gasteiger partial charge in [0.25, 0.3) is 0 Å². The Morgan fingerprint density at radius 1 is 1.32 bits per heavy atom. The van der Waals surface area contributed by atoms with Crippen molar-refractivity contribution in [2.45, 2.75) is 46.5 Å². The van der Waals surface area contributed by atoms with Crippen LogP contribution in [0.4, 0.5) is 5.82 Å². The highest BCUT2D eigenvalue weighted by Gasteiger charge is 2.10. The molecule has 0 saturated carbocycles. The third-order valence-electron chi connectivity index (χ3n) is 2.80. The van der Waals surface area contributed by atoms with Crippen molar-refractivity contribution in [2.24, 2.45) is 0 Å². The van der Waals surface area contributed by atoms with Crippen molar-refractivity contribution < 1.29 is 4.74 Å². The summed E-state index contributed by atoms with van der Waals surface area (Å²) >= 11 is 0. The first-order valence-electron chi connectivity index (χ1n) is 7.08. The number of hydrogen-bond donors (Lipinski definition) is 1. The molecule has 1 aromatic heterocycles. The van der Waals surface area contributed by atoms with Crippen LogP contribution in [0.5, 0.6) is 5.88 Å². The van der Waals surface area contributed by atoms with Crippen molar-refractivity contribution in [1.82, 2.24) is 9.97 Å². The molecule has 0 atom stereocenters. The van der Waals surface area contributed by atoms with Gasteiger partial charge in [-0.1, -0.05) is 19.9 Å². The molecule has 4 heteroatoms. The fourth-order valence-electron chi connectivity index (χ4n) is 1.65. The van der Waals surface area contributed by atoms with Gasteiger partial charge in [-0.2, -0.15) is 4.98 Å². The van der Waals surface area contributed by atoms with Crippen molar-refractivity contribution in [2.75, 3.05) is 18.5 Å². The SMILES string of the molecule is C=CCCCOc1nc(CC)nc(NCCC)c1C. The normalized spacial score (nSPS) is 10.3. The lowest BCUT2D eigenvalue weighted by Gasteiger charge is -2.13. The molecule has 0 amide bonds. The summed E-state index contributed by atoms with van der Waals surface area (Å²) in [5, 5.41) is 3.33. The molecule has 1 heterocycles. The molecule has 1 N–H and O–H groups in total. The van der Waals surface area contributed by atoms with E-state index in [2.05, 4.69) is 35.7 Å². The number of anilines is 1. The minimum Gasteiger partial charge on any atom is -0.477 e. The van der Waals surface area contributed by atoms with Crippen molar-refractivity contribution in [3.63, 3.8) is 0 Å².